The molecule has 0 amide bonds. The van der Waals surface area contributed by atoms with Gasteiger partial charge in [0.25, 0.3) is 0 Å². The minimum Gasteiger partial charge on any atom is -0.496 e. The largest absolute Gasteiger partial charge is 0.573 e. The summed E-state index contributed by atoms with van der Waals surface area (Å²) in [6.45, 7) is 11.5. The number of aryl methyl sites for hydroxylation is 1. The van der Waals surface area contributed by atoms with Crippen molar-refractivity contribution in [1.82, 2.24) is 0 Å². The Hall–Kier alpha value is -3.09. The van der Waals surface area contributed by atoms with Gasteiger partial charge in [-0.05, 0) is 69.5 Å². The average molecular weight is 491 g/mol. The fourth-order valence-electron chi connectivity index (χ4n) is 4.17. The zero-order valence-corrected chi connectivity index (χ0v) is 20.7. The molecule has 4 nitrogen and oxygen atoms in total. The number of unbranched alkanes of at least 4 members (excludes halogenated alkanes) is 2. The average Bonchev–Trinajstić information content (AvgIpc) is 3.15. The predicted molar refractivity (Wildman–Crippen MR) is 132 cm³/mol. The van der Waals surface area contributed by atoms with Gasteiger partial charge in [-0.25, -0.2) is 0 Å². The van der Waals surface area contributed by atoms with Gasteiger partial charge in [0, 0.05) is 17.9 Å². The van der Waals surface area contributed by atoms with Gasteiger partial charge < -0.3 is 18.6 Å². The Morgan fingerprint density at radius 1 is 1.06 bits per heavy atom. The van der Waals surface area contributed by atoms with Crippen LogP contribution in [0.15, 0.2) is 59.7 Å². The van der Waals surface area contributed by atoms with Crippen molar-refractivity contribution in [3.8, 4) is 22.8 Å². The summed E-state index contributed by atoms with van der Waals surface area (Å²) in [5.74, 6) is 0.628. The zero-order valence-electron chi connectivity index (χ0n) is 20.7. The maximum atomic E-state index is 13.1. The summed E-state index contributed by atoms with van der Waals surface area (Å²) in [6.07, 6.45) is 0.740. The van der Waals surface area contributed by atoms with E-state index in [0.717, 1.165) is 30.2 Å². The van der Waals surface area contributed by atoms with Gasteiger partial charge in [0.1, 0.15) is 28.4 Å². The van der Waals surface area contributed by atoms with Crippen molar-refractivity contribution in [2.75, 3.05) is 0 Å². The molecule has 190 valence electrons. The number of hydrogen-bond acceptors (Lipinski definition) is 4. The molecule has 0 N–H and O–H groups in total. The molecule has 1 heterocycles. The summed E-state index contributed by atoms with van der Waals surface area (Å²) < 4.78 is 61.3. The summed E-state index contributed by atoms with van der Waals surface area (Å²) in [4.78, 5) is 0. The first-order valence-electron chi connectivity index (χ1n) is 11.9. The summed E-state index contributed by atoms with van der Waals surface area (Å²) in [6, 6.07) is 12.0. The monoisotopic (exact) mass is 490 g/mol. The molecule has 1 atom stereocenters. The highest BCUT2D eigenvalue weighted by atomic mass is 19.4. The second-order valence-corrected chi connectivity index (χ2v) is 9.32. The van der Waals surface area contributed by atoms with Crippen molar-refractivity contribution in [3.05, 3.63) is 60.9 Å². The maximum Gasteiger partial charge on any atom is 0.573 e. The molecule has 1 unspecified atom stereocenters. The van der Waals surface area contributed by atoms with Crippen molar-refractivity contribution in [2.24, 2.45) is 0 Å². The second kappa shape index (κ2) is 11.1. The third-order valence-corrected chi connectivity index (χ3v) is 5.62. The van der Waals surface area contributed by atoms with Crippen LogP contribution in [-0.2, 0) is 11.2 Å². The van der Waals surface area contributed by atoms with Crippen LogP contribution in [0.3, 0.4) is 0 Å². The third-order valence-electron chi connectivity index (χ3n) is 5.62. The van der Waals surface area contributed by atoms with Gasteiger partial charge in [0.2, 0.25) is 0 Å². The van der Waals surface area contributed by atoms with Gasteiger partial charge in [-0.15, -0.1) is 13.2 Å². The lowest BCUT2D eigenvalue weighted by atomic mass is 10.0. The number of ether oxygens (including phenoxy) is 3. The predicted octanol–water partition coefficient (Wildman–Crippen LogP) is 8.83. The van der Waals surface area contributed by atoms with E-state index < -0.39 is 12.0 Å². The second-order valence-electron chi connectivity index (χ2n) is 9.32. The number of rotatable bonds is 12. The Labute approximate surface area is 204 Å². The molecule has 1 aromatic heterocycles. The molecule has 0 spiro atoms. The van der Waals surface area contributed by atoms with Gasteiger partial charge in [0.05, 0.1) is 17.9 Å². The molecule has 3 aromatic rings. The summed E-state index contributed by atoms with van der Waals surface area (Å²) in [5, 5.41) is 0.750. The van der Waals surface area contributed by atoms with E-state index in [1.807, 2.05) is 39.0 Å². The summed E-state index contributed by atoms with van der Waals surface area (Å²) in [5.41, 5.74) is 1.12. The van der Waals surface area contributed by atoms with Gasteiger partial charge in [-0.2, -0.15) is 0 Å². The van der Waals surface area contributed by atoms with Crippen LogP contribution in [0.5, 0.6) is 11.5 Å². The Kier molecular flexibility index (Phi) is 8.41. The van der Waals surface area contributed by atoms with Crippen LogP contribution in [0.4, 0.5) is 13.2 Å². The highest BCUT2D eigenvalue weighted by Gasteiger charge is 2.33. The SMILES string of the molecule is C=COC(C)(C)CC(C)Oc1ccc2cc(-c3ccc(CCCCC)cc3OC(F)(F)F)oc2c1. The van der Waals surface area contributed by atoms with Crippen LogP contribution >= 0.6 is 0 Å². The van der Waals surface area contributed by atoms with E-state index in [1.165, 1.54) is 12.3 Å². The molecular weight excluding hydrogens is 457 g/mol. The van der Waals surface area contributed by atoms with Crippen LogP contribution in [0.1, 0.15) is 58.9 Å². The molecule has 0 aliphatic rings. The number of furan rings is 1. The lowest BCUT2D eigenvalue weighted by Crippen LogP contribution is -2.29. The Morgan fingerprint density at radius 3 is 2.51 bits per heavy atom. The number of hydrogen-bond donors (Lipinski definition) is 0. The van der Waals surface area contributed by atoms with Crippen LogP contribution in [0.25, 0.3) is 22.3 Å². The maximum absolute atomic E-state index is 13.1. The minimum absolute atomic E-state index is 0.149. The molecule has 0 fully saturated rings. The van der Waals surface area contributed by atoms with Crippen LogP contribution < -0.4 is 9.47 Å². The van der Waals surface area contributed by atoms with Gasteiger partial charge in [-0.1, -0.05) is 32.4 Å². The highest BCUT2D eigenvalue weighted by molar-refractivity contribution is 5.85. The highest BCUT2D eigenvalue weighted by Crippen LogP contribution is 2.38. The topological polar surface area (TPSA) is 40.8 Å². The molecular formula is C28H33F3O4. The first-order chi connectivity index (χ1) is 16.5. The number of fused-ring (bicyclic) bond motifs is 1. The van der Waals surface area contributed by atoms with Crippen molar-refractivity contribution in [1.29, 1.82) is 0 Å². The van der Waals surface area contributed by atoms with E-state index in [-0.39, 0.29) is 17.4 Å². The number of benzene rings is 2. The molecule has 0 radical (unpaired) electrons. The molecule has 7 heteroatoms. The van der Waals surface area contributed by atoms with Gasteiger partial charge in [0.15, 0.2) is 0 Å². The standard InChI is InChI=1S/C28H33F3O4/c1-6-8-9-10-20-11-14-23(26(15-20)35-28(29,30)31)25-16-21-12-13-22(17-24(21)34-25)33-19(3)18-27(4,5)32-7-2/h7,11-17,19H,2,6,8-10,18H2,1,3-5H3. The fourth-order valence-corrected chi connectivity index (χ4v) is 4.17. The normalized spacial score (nSPS) is 13.0. The fraction of sp³-hybridized carbons (Fsp3) is 0.429. The molecule has 35 heavy (non-hydrogen) atoms. The molecule has 3 rings (SSSR count). The zero-order chi connectivity index (χ0) is 25.6. The Balaban J connectivity index is 1.85. The Morgan fingerprint density at radius 2 is 1.83 bits per heavy atom. The first-order valence-corrected chi connectivity index (χ1v) is 11.9. The van der Waals surface area contributed by atoms with E-state index >= 15 is 0 Å². The van der Waals surface area contributed by atoms with Crippen LogP contribution in [0, 0.1) is 0 Å². The summed E-state index contributed by atoms with van der Waals surface area (Å²) in [7, 11) is 0. The van der Waals surface area contributed by atoms with Crippen molar-refractivity contribution >= 4 is 11.0 Å². The summed E-state index contributed by atoms with van der Waals surface area (Å²) >= 11 is 0. The van der Waals surface area contributed by atoms with Crippen LogP contribution in [0.2, 0.25) is 0 Å². The molecule has 0 aliphatic heterocycles. The van der Waals surface area contributed by atoms with E-state index in [9.17, 15) is 13.2 Å². The van der Waals surface area contributed by atoms with E-state index in [2.05, 4.69) is 18.2 Å². The smallest absolute Gasteiger partial charge is 0.496 e. The molecule has 0 bridgehead atoms. The molecule has 0 saturated heterocycles. The van der Waals surface area contributed by atoms with Crippen molar-refractivity contribution in [2.45, 2.75) is 77.9 Å². The van der Waals surface area contributed by atoms with Gasteiger partial charge >= 0.3 is 6.36 Å². The molecule has 2 aromatic carbocycles. The third kappa shape index (κ3) is 7.70. The van der Waals surface area contributed by atoms with Crippen molar-refractivity contribution in [3.63, 3.8) is 0 Å². The van der Waals surface area contributed by atoms with E-state index in [1.54, 1.807) is 18.2 Å². The lowest BCUT2D eigenvalue weighted by molar-refractivity contribution is -0.274. The first kappa shape index (κ1) is 26.5. The number of halogens is 3. The van der Waals surface area contributed by atoms with E-state index in [0.29, 0.717) is 29.9 Å². The molecule has 0 aliphatic carbocycles. The lowest BCUT2D eigenvalue weighted by Gasteiger charge is -2.27. The van der Waals surface area contributed by atoms with Crippen molar-refractivity contribution < 1.29 is 31.8 Å². The van der Waals surface area contributed by atoms with Crippen LogP contribution in [-0.4, -0.2) is 18.1 Å². The molecule has 0 saturated carbocycles. The quantitative estimate of drug-likeness (QED) is 0.188. The van der Waals surface area contributed by atoms with Gasteiger partial charge in [-0.3, -0.25) is 0 Å². The number of alkyl halides is 3. The van der Waals surface area contributed by atoms with E-state index in [4.69, 9.17) is 13.9 Å². The minimum atomic E-state index is -4.80. The Bertz CT molecular complexity index is 1130.